The molecule has 19 heavy (non-hydrogen) atoms. The van der Waals surface area contributed by atoms with Crippen LogP contribution in [0.25, 0.3) is 0 Å². The predicted molar refractivity (Wildman–Crippen MR) is 76.7 cm³/mol. The van der Waals surface area contributed by atoms with E-state index in [0.29, 0.717) is 0 Å². The lowest BCUT2D eigenvalue weighted by Gasteiger charge is -2.36. The standard InChI is InChI=1S/C15H21N3O/c1-3-6-17-7-9-18(10-8-17)15-11-14(19-2)5-4-13(15)12-16/h4-5,11H,3,6-10H2,1-2H3. The largest absolute Gasteiger partial charge is 0.497 e. The second-order valence-electron chi connectivity index (χ2n) is 4.82. The summed E-state index contributed by atoms with van der Waals surface area (Å²) in [6.45, 7) is 7.45. The average molecular weight is 259 g/mol. The highest BCUT2D eigenvalue weighted by Gasteiger charge is 2.19. The minimum Gasteiger partial charge on any atom is -0.497 e. The van der Waals surface area contributed by atoms with Crippen LogP contribution in [-0.4, -0.2) is 44.7 Å². The third-order valence-electron chi connectivity index (χ3n) is 3.58. The molecule has 102 valence electrons. The zero-order valence-corrected chi connectivity index (χ0v) is 11.7. The summed E-state index contributed by atoms with van der Waals surface area (Å²) >= 11 is 0. The minimum atomic E-state index is 0.727. The summed E-state index contributed by atoms with van der Waals surface area (Å²) in [4.78, 5) is 4.76. The van der Waals surface area contributed by atoms with Crippen molar-refractivity contribution in [1.29, 1.82) is 5.26 Å². The topological polar surface area (TPSA) is 39.5 Å². The van der Waals surface area contributed by atoms with Crippen molar-refractivity contribution in [3.8, 4) is 11.8 Å². The van der Waals surface area contributed by atoms with Gasteiger partial charge in [0.25, 0.3) is 0 Å². The van der Waals surface area contributed by atoms with Gasteiger partial charge in [-0.1, -0.05) is 6.92 Å². The number of hydrogen-bond acceptors (Lipinski definition) is 4. The van der Waals surface area contributed by atoms with Gasteiger partial charge in [0.15, 0.2) is 0 Å². The van der Waals surface area contributed by atoms with E-state index < -0.39 is 0 Å². The summed E-state index contributed by atoms with van der Waals surface area (Å²) in [6, 6.07) is 7.92. The van der Waals surface area contributed by atoms with Gasteiger partial charge < -0.3 is 9.64 Å². The molecule has 0 saturated carbocycles. The summed E-state index contributed by atoms with van der Waals surface area (Å²) in [5.41, 5.74) is 1.72. The van der Waals surface area contributed by atoms with E-state index in [1.165, 1.54) is 6.42 Å². The highest BCUT2D eigenvalue weighted by Crippen LogP contribution is 2.26. The molecule has 1 aliphatic rings. The molecule has 4 nitrogen and oxygen atoms in total. The molecular weight excluding hydrogens is 238 g/mol. The van der Waals surface area contributed by atoms with Crippen molar-refractivity contribution in [3.63, 3.8) is 0 Å². The number of hydrogen-bond donors (Lipinski definition) is 0. The van der Waals surface area contributed by atoms with Crippen LogP contribution < -0.4 is 9.64 Å². The van der Waals surface area contributed by atoms with Crippen molar-refractivity contribution in [2.75, 3.05) is 44.7 Å². The summed E-state index contributed by atoms with van der Waals surface area (Å²) in [5.74, 6) is 0.810. The summed E-state index contributed by atoms with van der Waals surface area (Å²) in [6.07, 6.45) is 1.20. The molecule has 0 aliphatic carbocycles. The van der Waals surface area contributed by atoms with E-state index in [2.05, 4.69) is 22.8 Å². The molecule has 0 aromatic heterocycles. The van der Waals surface area contributed by atoms with Crippen LogP contribution in [0.4, 0.5) is 5.69 Å². The third-order valence-corrected chi connectivity index (χ3v) is 3.58. The van der Waals surface area contributed by atoms with Crippen molar-refractivity contribution in [1.82, 2.24) is 4.90 Å². The Balaban J connectivity index is 2.12. The van der Waals surface area contributed by atoms with Gasteiger partial charge in [-0.2, -0.15) is 5.26 Å². The maximum absolute atomic E-state index is 9.22. The number of anilines is 1. The van der Waals surface area contributed by atoms with Crippen LogP contribution in [0.1, 0.15) is 18.9 Å². The first kappa shape index (κ1) is 13.7. The van der Waals surface area contributed by atoms with Crippen molar-refractivity contribution in [2.45, 2.75) is 13.3 Å². The van der Waals surface area contributed by atoms with E-state index in [1.807, 2.05) is 18.2 Å². The highest BCUT2D eigenvalue weighted by molar-refractivity contribution is 5.62. The van der Waals surface area contributed by atoms with Gasteiger partial charge in [0.05, 0.1) is 18.4 Å². The second kappa shape index (κ2) is 6.44. The van der Waals surface area contributed by atoms with E-state index in [4.69, 9.17) is 4.74 Å². The van der Waals surface area contributed by atoms with E-state index in [9.17, 15) is 5.26 Å². The van der Waals surface area contributed by atoms with Gasteiger partial charge in [0.1, 0.15) is 11.8 Å². The third kappa shape index (κ3) is 3.18. The Morgan fingerprint density at radius 1 is 1.26 bits per heavy atom. The molecule has 0 N–H and O–H groups in total. The van der Waals surface area contributed by atoms with Crippen LogP contribution in [0.5, 0.6) is 5.75 Å². The Morgan fingerprint density at radius 2 is 2.00 bits per heavy atom. The summed E-state index contributed by atoms with van der Waals surface area (Å²) < 4.78 is 5.26. The molecule has 1 aromatic rings. The number of nitrogens with zero attached hydrogens (tertiary/aromatic N) is 3. The Labute approximate surface area is 115 Å². The minimum absolute atomic E-state index is 0.727. The lowest BCUT2D eigenvalue weighted by Crippen LogP contribution is -2.46. The average Bonchev–Trinajstić information content (AvgIpc) is 2.47. The molecule has 2 rings (SSSR count). The molecule has 0 bridgehead atoms. The monoisotopic (exact) mass is 259 g/mol. The molecule has 1 aromatic carbocycles. The SMILES string of the molecule is CCCN1CCN(c2cc(OC)ccc2C#N)CC1. The fourth-order valence-corrected chi connectivity index (χ4v) is 2.52. The molecule has 1 saturated heterocycles. The Hall–Kier alpha value is -1.73. The van der Waals surface area contributed by atoms with Crippen molar-refractivity contribution in [3.05, 3.63) is 23.8 Å². The molecular formula is C15H21N3O. The number of rotatable bonds is 4. The van der Waals surface area contributed by atoms with Crippen LogP contribution in [0.3, 0.4) is 0 Å². The summed E-state index contributed by atoms with van der Waals surface area (Å²) in [7, 11) is 1.66. The van der Waals surface area contributed by atoms with Crippen molar-refractivity contribution < 1.29 is 4.74 Å². The zero-order chi connectivity index (χ0) is 13.7. The fourth-order valence-electron chi connectivity index (χ4n) is 2.52. The van der Waals surface area contributed by atoms with Crippen LogP contribution in [-0.2, 0) is 0 Å². The normalized spacial score (nSPS) is 16.2. The van der Waals surface area contributed by atoms with Gasteiger partial charge in [-0.05, 0) is 25.1 Å². The Bertz CT molecular complexity index is 459. The Morgan fingerprint density at radius 3 is 2.58 bits per heavy atom. The first-order valence-electron chi connectivity index (χ1n) is 6.84. The van der Waals surface area contributed by atoms with Crippen LogP contribution in [0.2, 0.25) is 0 Å². The molecule has 0 unspecified atom stereocenters. The lowest BCUT2D eigenvalue weighted by atomic mass is 10.1. The molecule has 4 heteroatoms. The van der Waals surface area contributed by atoms with Crippen molar-refractivity contribution >= 4 is 5.69 Å². The van der Waals surface area contributed by atoms with Crippen molar-refractivity contribution in [2.24, 2.45) is 0 Å². The van der Waals surface area contributed by atoms with Crippen LogP contribution in [0, 0.1) is 11.3 Å². The first-order valence-corrected chi connectivity index (χ1v) is 6.84. The van der Waals surface area contributed by atoms with Gasteiger partial charge in [-0.3, -0.25) is 4.90 Å². The number of methoxy groups -OCH3 is 1. The van der Waals surface area contributed by atoms with Crippen LogP contribution >= 0.6 is 0 Å². The number of benzene rings is 1. The predicted octanol–water partition coefficient (Wildman–Crippen LogP) is 2.10. The smallest absolute Gasteiger partial charge is 0.121 e. The maximum Gasteiger partial charge on any atom is 0.121 e. The quantitative estimate of drug-likeness (QED) is 0.830. The Kier molecular flexibility index (Phi) is 4.64. The number of ether oxygens (including phenoxy) is 1. The highest BCUT2D eigenvalue weighted by atomic mass is 16.5. The molecule has 1 heterocycles. The van der Waals surface area contributed by atoms with E-state index in [-0.39, 0.29) is 0 Å². The molecule has 0 radical (unpaired) electrons. The van der Waals surface area contributed by atoms with E-state index in [1.54, 1.807) is 7.11 Å². The van der Waals surface area contributed by atoms with Crippen LogP contribution in [0.15, 0.2) is 18.2 Å². The van der Waals surface area contributed by atoms with Gasteiger partial charge in [0.2, 0.25) is 0 Å². The molecule has 0 amide bonds. The molecule has 1 fully saturated rings. The zero-order valence-electron chi connectivity index (χ0n) is 11.7. The fraction of sp³-hybridized carbons (Fsp3) is 0.533. The molecule has 0 atom stereocenters. The lowest BCUT2D eigenvalue weighted by molar-refractivity contribution is 0.258. The molecule has 0 spiro atoms. The van der Waals surface area contributed by atoms with Gasteiger partial charge >= 0.3 is 0 Å². The van der Waals surface area contributed by atoms with Gasteiger partial charge in [-0.15, -0.1) is 0 Å². The number of nitriles is 1. The van der Waals surface area contributed by atoms with E-state index >= 15 is 0 Å². The summed E-state index contributed by atoms with van der Waals surface area (Å²) in [5, 5.41) is 9.22. The number of piperazine rings is 1. The first-order chi connectivity index (χ1) is 9.28. The van der Waals surface area contributed by atoms with Gasteiger partial charge in [-0.25, -0.2) is 0 Å². The molecule has 1 aliphatic heterocycles. The van der Waals surface area contributed by atoms with Gasteiger partial charge in [0, 0.05) is 32.2 Å². The maximum atomic E-state index is 9.22. The second-order valence-corrected chi connectivity index (χ2v) is 4.82. The van der Waals surface area contributed by atoms with E-state index in [0.717, 1.165) is 49.7 Å².